The van der Waals surface area contributed by atoms with E-state index in [1.165, 1.54) is 12.1 Å². The van der Waals surface area contributed by atoms with Crippen molar-refractivity contribution < 1.29 is 9.50 Å². The Hall–Kier alpha value is -0.930. The number of aliphatic hydroxyl groups excluding tert-OH is 1. The summed E-state index contributed by atoms with van der Waals surface area (Å²) in [5, 5.41) is 12.0. The maximum absolute atomic E-state index is 12.7. The van der Waals surface area contributed by atoms with Gasteiger partial charge in [0.2, 0.25) is 0 Å². The van der Waals surface area contributed by atoms with Gasteiger partial charge in [-0.15, -0.1) is 0 Å². The van der Waals surface area contributed by atoms with Gasteiger partial charge in [0.15, 0.2) is 0 Å². The fourth-order valence-corrected chi connectivity index (χ4v) is 1.38. The van der Waals surface area contributed by atoms with Crippen LogP contribution in [0.3, 0.4) is 0 Å². The first-order valence-electron chi connectivity index (χ1n) is 4.23. The predicted octanol–water partition coefficient (Wildman–Crippen LogP) is 1.39. The number of aliphatic hydroxyl groups is 1. The van der Waals surface area contributed by atoms with Crippen molar-refractivity contribution in [1.29, 1.82) is 0 Å². The molecule has 0 aliphatic carbocycles. The van der Waals surface area contributed by atoms with Crippen molar-refractivity contribution in [3.05, 3.63) is 35.1 Å². The molecule has 0 bridgehead atoms. The Morgan fingerprint density at radius 3 is 2.69 bits per heavy atom. The quantitative estimate of drug-likeness (QED) is 0.742. The largest absolute Gasteiger partial charge is 0.394 e. The van der Waals surface area contributed by atoms with Crippen molar-refractivity contribution in [3.63, 3.8) is 0 Å². The zero-order chi connectivity index (χ0) is 9.84. The molecule has 1 aromatic carbocycles. The third-order valence-electron chi connectivity index (χ3n) is 2.14. The summed E-state index contributed by atoms with van der Waals surface area (Å²) >= 11 is 0. The molecule has 0 saturated heterocycles. The highest BCUT2D eigenvalue weighted by molar-refractivity contribution is 5.29. The number of nitrogens with one attached hydrogen (secondary N) is 1. The second-order valence-corrected chi connectivity index (χ2v) is 3.02. The van der Waals surface area contributed by atoms with E-state index in [9.17, 15) is 4.39 Å². The number of hydrogen-bond acceptors (Lipinski definition) is 2. The van der Waals surface area contributed by atoms with Crippen LogP contribution in [0.1, 0.15) is 17.2 Å². The number of rotatable bonds is 3. The maximum Gasteiger partial charge on any atom is 0.123 e. The fourth-order valence-electron chi connectivity index (χ4n) is 1.38. The van der Waals surface area contributed by atoms with Crippen LogP contribution in [-0.2, 0) is 0 Å². The van der Waals surface area contributed by atoms with Gasteiger partial charge < -0.3 is 10.4 Å². The highest BCUT2D eigenvalue weighted by Gasteiger charge is 2.10. The molecule has 0 heterocycles. The normalized spacial score (nSPS) is 12.9. The standard InChI is InChI=1S/C10H14FNO/c1-7-5-8(11)3-4-9(7)10(6-13)12-2/h3-5,10,12-13H,6H2,1-2H3/t10-/m0/s1. The van der Waals surface area contributed by atoms with Crippen LogP contribution in [0.2, 0.25) is 0 Å². The fraction of sp³-hybridized carbons (Fsp3) is 0.400. The van der Waals surface area contributed by atoms with Gasteiger partial charge in [0, 0.05) is 0 Å². The van der Waals surface area contributed by atoms with E-state index < -0.39 is 0 Å². The summed E-state index contributed by atoms with van der Waals surface area (Å²) < 4.78 is 12.7. The van der Waals surface area contributed by atoms with Crippen molar-refractivity contribution in [2.24, 2.45) is 0 Å². The first kappa shape index (κ1) is 10.2. The average Bonchev–Trinajstić information content (AvgIpc) is 2.10. The van der Waals surface area contributed by atoms with E-state index >= 15 is 0 Å². The highest BCUT2D eigenvalue weighted by Crippen LogP contribution is 2.17. The molecule has 2 nitrogen and oxygen atoms in total. The van der Waals surface area contributed by atoms with Gasteiger partial charge in [-0.2, -0.15) is 0 Å². The molecule has 2 N–H and O–H groups in total. The molecule has 1 atom stereocenters. The molecule has 0 aliphatic heterocycles. The van der Waals surface area contributed by atoms with Crippen molar-refractivity contribution in [3.8, 4) is 0 Å². The SMILES string of the molecule is CN[C@@H](CO)c1ccc(F)cc1C. The van der Waals surface area contributed by atoms with Gasteiger partial charge in [0.1, 0.15) is 5.82 Å². The molecule has 13 heavy (non-hydrogen) atoms. The van der Waals surface area contributed by atoms with Gasteiger partial charge in [0.05, 0.1) is 12.6 Å². The summed E-state index contributed by atoms with van der Waals surface area (Å²) in [5.74, 6) is -0.242. The lowest BCUT2D eigenvalue weighted by Crippen LogP contribution is -2.20. The molecular weight excluding hydrogens is 169 g/mol. The maximum atomic E-state index is 12.7. The minimum Gasteiger partial charge on any atom is -0.394 e. The van der Waals surface area contributed by atoms with E-state index in [4.69, 9.17) is 5.11 Å². The Morgan fingerprint density at radius 2 is 2.23 bits per heavy atom. The number of hydrogen-bond donors (Lipinski definition) is 2. The van der Waals surface area contributed by atoms with Crippen LogP contribution in [0.5, 0.6) is 0 Å². The molecule has 72 valence electrons. The minimum atomic E-state index is -0.242. The third kappa shape index (κ3) is 2.26. The number of likely N-dealkylation sites (N-methyl/N-ethyl adjacent to an activating group) is 1. The van der Waals surface area contributed by atoms with Gasteiger partial charge in [-0.05, 0) is 37.2 Å². The molecule has 0 radical (unpaired) electrons. The Bertz CT molecular complexity index is 284. The van der Waals surface area contributed by atoms with E-state index in [1.807, 2.05) is 6.92 Å². The monoisotopic (exact) mass is 183 g/mol. The first-order chi connectivity index (χ1) is 6.19. The average molecular weight is 183 g/mol. The zero-order valence-electron chi connectivity index (χ0n) is 7.84. The lowest BCUT2D eigenvalue weighted by atomic mass is 10.0. The second kappa shape index (κ2) is 4.35. The molecule has 3 heteroatoms. The summed E-state index contributed by atoms with van der Waals surface area (Å²) in [6, 6.07) is 4.46. The molecule has 0 spiro atoms. The van der Waals surface area contributed by atoms with Crippen LogP contribution in [0, 0.1) is 12.7 Å². The van der Waals surface area contributed by atoms with Crippen molar-refractivity contribution in [2.75, 3.05) is 13.7 Å². The Kier molecular flexibility index (Phi) is 3.39. The van der Waals surface area contributed by atoms with Crippen LogP contribution in [0.4, 0.5) is 4.39 Å². The van der Waals surface area contributed by atoms with Gasteiger partial charge in [-0.1, -0.05) is 6.07 Å². The predicted molar refractivity (Wildman–Crippen MR) is 50.0 cm³/mol. The molecule has 0 saturated carbocycles. The second-order valence-electron chi connectivity index (χ2n) is 3.02. The van der Waals surface area contributed by atoms with Crippen LogP contribution in [-0.4, -0.2) is 18.8 Å². The van der Waals surface area contributed by atoms with Crippen LogP contribution in [0.15, 0.2) is 18.2 Å². The molecule has 0 aromatic heterocycles. The molecule has 1 aromatic rings. The zero-order valence-corrected chi connectivity index (χ0v) is 7.84. The Labute approximate surface area is 77.4 Å². The topological polar surface area (TPSA) is 32.3 Å². The first-order valence-corrected chi connectivity index (χ1v) is 4.23. The van der Waals surface area contributed by atoms with E-state index in [2.05, 4.69) is 5.32 Å². The van der Waals surface area contributed by atoms with Crippen molar-refractivity contribution >= 4 is 0 Å². The van der Waals surface area contributed by atoms with Crippen LogP contribution in [0.25, 0.3) is 0 Å². The molecule has 0 aliphatic rings. The van der Waals surface area contributed by atoms with Gasteiger partial charge in [-0.3, -0.25) is 0 Å². The molecule has 0 fully saturated rings. The third-order valence-corrected chi connectivity index (χ3v) is 2.14. The summed E-state index contributed by atoms with van der Waals surface area (Å²) in [6.07, 6.45) is 0. The smallest absolute Gasteiger partial charge is 0.123 e. The van der Waals surface area contributed by atoms with Crippen molar-refractivity contribution in [1.82, 2.24) is 5.32 Å². The molecule has 1 rings (SSSR count). The lowest BCUT2D eigenvalue weighted by Gasteiger charge is -2.15. The summed E-state index contributed by atoms with van der Waals surface area (Å²) in [4.78, 5) is 0. The number of benzene rings is 1. The van der Waals surface area contributed by atoms with Crippen LogP contribution >= 0.6 is 0 Å². The Morgan fingerprint density at radius 1 is 1.54 bits per heavy atom. The highest BCUT2D eigenvalue weighted by atomic mass is 19.1. The van der Waals surface area contributed by atoms with Gasteiger partial charge in [0.25, 0.3) is 0 Å². The van der Waals surface area contributed by atoms with Gasteiger partial charge in [-0.25, -0.2) is 4.39 Å². The minimum absolute atomic E-state index is 0.0168. The van der Waals surface area contributed by atoms with E-state index in [0.29, 0.717) is 0 Å². The van der Waals surface area contributed by atoms with E-state index in [0.717, 1.165) is 11.1 Å². The Balaban J connectivity index is 2.99. The van der Waals surface area contributed by atoms with E-state index in [1.54, 1.807) is 13.1 Å². The molecule has 0 unspecified atom stereocenters. The van der Waals surface area contributed by atoms with E-state index in [-0.39, 0.29) is 18.5 Å². The molecule has 0 amide bonds. The van der Waals surface area contributed by atoms with Crippen LogP contribution < -0.4 is 5.32 Å². The lowest BCUT2D eigenvalue weighted by molar-refractivity contribution is 0.250. The number of halogens is 1. The summed E-state index contributed by atoms with van der Waals surface area (Å²) in [7, 11) is 1.77. The summed E-state index contributed by atoms with van der Waals surface area (Å²) in [5.41, 5.74) is 1.79. The van der Waals surface area contributed by atoms with Gasteiger partial charge >= 0.3 is 0 Å². The van der Waals surface area contributed by atoms with Crippen molar-refractivity contribution in [2.45, 2.75) is 13.0 Å². The number of aryl methyl sites for hydroxylation is 1. The summed E-state index contributed by atoms with van der Waals surface area (Å²) in [6.45, 7) is 1.85. The molecular formula is C10H14FNO.